The van der Waals surface area contributed by atoms with E-state index >= 15 is 0 Å². The third-order valence-electron chi connectivity index (χ3n) is 6.63. The fraction of sp³-hybridized carbons (Fsp3) is 0.320. The van der Waals surface area contributed by atoms with Gasteiger partial charge in [0.2, 0.25) is 0 Å². The van der Waals surface area contributed by atoms with Crippen LogP contribution < -0.4 is 15.0 Å². The van der Waals surface area contributed by atoms with Crippen molar-refractivity contribution < 1.29 is 9.66 Å². The fourth-order valence-electron chi connectivity index (χ4n) is 4.57. The van der Waals surface area contributed by atoms with Gasteiger partial charge < -0.3 is 19.9 Å². The Balaban J connectivity index is 1.45. The van der Waals surface area contributed by atoms with Crippen LogP contribution in [0.3, 0.4) is 0 Å². The molecule has 1 aliphatic heterocycles. The number of anilines is 3. The Morgan fingerprint density at radius 2 is 1.92 bits per heavy atom. The number of benzene rings is 2. The monoisotopic (exact) mass is 488 g/mol. The molecule has 0 saturated carbocycles. The molecule has 1 fully saturated rings. The van der Waals surface area contributed by atoms with Crippen LogP contribution in [-0.2, 0) is 7.05 Å². The lowest BCUT2D eigenvalue weighted by Gasteiger charge is -2.35. The lowest BCUT2D eigenvalue weighted by atomic mass is 10.1. The molecule has 0 aliphatic carbocycles. The van der Waals surface area contributed by atoms with Crippen molar-refractivity contribution in [1.82, 2.24) is 24.6 Å². The number of nitro benzene ring substituents is 1. The molecule has 1 aliphatic rings. The van der Waals surface area contributed by atoms with Crippen LogP contribution in [0, 0.1) is 10.1 Å². The molecular weight excluding hydrogens is 460 g/mol. The van der Waals surface area contributed by atoms with Crippen LogP contribution in [0.5, 0.6) is 5.75 Å². The Morgan fingerprint density at radius 3 is 2.64 bits per heavy atom. The predicted octanol–water partition coefficient (Wildman–Crippen LogP) is 3.83. The summed E-state index contributed by atoms with van der Waals surface area (Å²) in [6.07, 6.45) is 3.28. The van der Waals surface area contributed by atoms with E-state index in [9.17, 15) is 10.1 Å². The summed E-state index contributed by atoms with van der Waals surface area (Å²) in [6, 6.07) is 11.1. The van der Waals surface area contributed by atoms with E-state index in [1.807, 2.05) is 41.0 Å². The summed E-state index contributed by atoms with van der Waals surface area (Å²) in [5.74, 6) is 1.01. The third-order valence-corrected chi connectivity index (χ3v) is 6.63. The van der Waals surface area contributed by atoms with Crippen molar-refractivity contribution in [1.29, 1.82) is 0 Å². The van der Waals surface area contributed by atoms with E-state index in [4.69, 9.17) is 4.74 Å². The van der Waals surface area contributed by atoms with Gasteiger partial charge in [-0.05, 0) is 18.7 Å². The summed E-state index contributed by atoms with van der Waals surface area (Å²) in [7, 11) is 3.46. The molecule has 36 heavy (non-hydrogen) atoms. The Labute approximate surface area is 208 Å². The molecule has 2 aromatic heterocycles. The fourth-order valence-corrected chi connectivity index (χ4v) is 4.57. The Kier molecular flexibility index (Phi) is 6.38. The van der Waals surface area contributed by atoms with E-state index < -0.39 is 0 Å². The average Bonchev–Trinajstić information content (AvgIpc) is 3.28. The van der Waals surface area contributed by atoms with Crippen LogP contribution in [0.2, 0.25) is 0 Å². The minimum absolute atomic E-state index is 0.0274. The summed E-state index contributed by atoms with van der Waals surface area (Å²) in [5.41, 5.74) is 3.72. The number of piperazine rings is 1. The second-order valence-electron chi connectivity index (χ2n) is 8.67. The zero-order valence-corrected chi connectivity index (χ0v) is 20.5. The second kappa shape index (κ2) is 9.78. The number of likely N-dealkylation sites (N-methyl/N-ethyl adjacent to an activating group) is 1. The minimum Gasteiger partial charge on any atom is -0.494 e. The van der Waals surface area contributed by atoms with Crippen LogP contribution >= 0.6 is 0 Å². The van der Waals surface area contributed by atoms with E-state index in [2.05, 4.69) is 32.2 Å². The number of nitro groups is 1. The molecule has 0 atom stereocenters. The van der Waals surface area contributed by atoms with Crippen molar-refractivity contribution in [3.63, 3.8) is 0 Å². The van der Waals surface area contributed by atoms with Crippen molar-refractivity contribution in [2.75, 3.05) is 50.1 Å². The Bertz CT molecular complexity index is 1410. The van der Waals surface area contributed by atoms with Crippen LogP contribution in [0.25, 0.3) is 22.2 Å². The van der Waals surface area contributed by atoms with Crippen molar-refractivity contribution in [2.45, 2.75) is 6.92 Å². The summed E-state index contributed by atoms with van der Waals surface area (Å²) in [4.78, 5) is 24.8. The number of nitrogens with zero attached hydrogens (tertiary/aromatic N) is 7. The van der Waals surface area contributed by atoms with Gasteiger partial charge in [0.25, 0.3) is 5.69 Å². The zero-order chi connectivity index (χ0) is 25.2. The molecule has 0 amide bonds. The molecule has 0 radical (unpaired) electrons. The molecule has 1 saturated heterocycles. The van der Waals surface area contributed by atoms with E-state index in [1.54, 1.807) is 19.2 Å². The molecule has 11 heteroatoms. The van der Waals surface area contributed by atoms with Gasteiger partial charge in [-0.1, -0.05) is 13.0 Å². The average molecular weight is 489 g/mol. The van der Waals surface area contributed by atoms with E-state index in [0.29, 0.717) is 22.9 Å². The van der Waals surface area contributed by atoms with Gasteiger partial charge in [0.1, 0.15) is 23.6 Å². The van der Waals surface area contributed by atoms with Gasteiger partial charge in [0.15, 0.2) is 0 Å². The number of methoxy groups -OCH3 is 1. The number of rotatable bonds is 7. The molecule has 2 aromatic carbocycles. The molecular formula is C25H28N8O3. The lowest BCUT2D eigenvalue weighted by Crippen LogP contribution is -2.46. The van der Waals surface area contributed by atoms with Crippen LogP contribution in [0.15, 0.2) is 48.9 Å². The molecule has 0 unspecified atom stereocenters. The largest absolute Gasteiger partial charge is 0.494 e. The van der Waals surface area contributed by atoms with Crippen molar-refractivity contribution >= 4 is 33.8 Å². The first kappa shape index (κ1) is 23.5. The SMILES string of the molecule is CCN1CCN(c2cc(OC)c(Nc3cc(-c4ccc5c(cnn5C)c4)ncn3)cc2[N+](=O)[O-])CC1. The van der Waals surface area contributed by atoms with Crippen molar-refractivity contribution in [3.8, 4) is 17.0 Å². The van der Waals surface area contributed by atoms with E-state index in [1.165, 1.54) is 12.4 Å². The predicted molar refractivity (Wildman–Crippen MR) is 139 cm³/mol. The second-order valence-corrected chi connectivity index (χ2v) is 8.67. The highest BCUT2D eigenvalue weighted by atomic mass is 16.6. The molecule has 1 N–H and O–H groups in total. The molecule has 5 rings (SSSR count). The van der Waals surface area contributed by atoms with Gasteiger partial charge in [0.05, 0.1) is 35.1 Å². The molecule has 11 nitrogen and oxygen atoms in total. The highest BCUT2D eigenvalue weighted by Gasteiger charge is 2.26. The highest BCUT2D eigenvalue weighted by molar-refractivity contribution is 5.84. The summed E-state index contributed by atoms with van der Waals surface area (Å²) in [5, 5.41) is 20.5. The van der Waals surface area contributed by atoms with E-state index in [0.717, 1.165) is 54.9 Å². The molecule has 0 bridgehead atoms. The van der Waals surface area contributed by atoms with Gasteiger partial charge >= 0.3 is 0 Å². The zero-order valence-electron chi connectivity index (χ0n) is 20.5. The molecule has 4 aromatic rings. The Morgan fingerprint density at radius 1 is 1.11 bits per heavy atom. The molecule has 186 valence electrons. The first-order valence-corrected chi connectivity index (χ1v) is 11.8. The standard InChI is InChI=1S/C25H28N8O3/c1-4-31-7-9-32(10-8-31)22-14-24(36-3)20(12-23(22)33(34)35)29-25-13-19(26-16-27-25)17-5-6-21-18(11-17)15-28-30(21)2/h5-6,11-16H,4,7-10H2,1-3H3,(H,26,27,29). The smallest absolute Gasteiger partial charge is 0.294 e. The first-order chi connectivity index (χ1) is 17.5. The number of aryl methyl sites for hydroxylation is 1. The molecule has 3 heterocycles. The third kappa shape index (κ3) is 4.52. The number of fused-ring (bicyclic) bond motifs is 1. The van der Waals surface area contributed by atoms with Crippen molar-refractivity contribution in [3.05, 3.63) is 59.0 Å². The van der Waals surface area contributed by atoms with Crippen LogP contribution in [0.4, 0.5) is 22.9 Å². The van der Waals surface area contributed by atoms with Gasteiger partial charge in [-0.25, -0.2) is 9.97 Å². The molecule has 0 spiro atoms. The normalized spacial score (nSPS) is 14.2. The number of hydrogen-bond donors (Lipinski definition) is 1. The van der Waals surface area contributed by atoms with Crippen molar-refractivity contribution in [2.24, 2.45) is 7.05 Å². The summed E-state index contributed by atoms with van der Waals surface area (Å²) in [6.45, 7) is 6.27. The van der Waals surface area contributed by atoms with Gasteiger partial charge in [-0.3, -0.25) is 14.8 Å². The van der Waals surface area contributed by atoms with Crippen LogP contribution in [-0.4, -0.2) is 69.4 Å². The Hall–Kier alpha value is -4.25. The number of hydrogen-bond acceptors (Lipinski definition) is 9. The van der Waals surface area contributed by atoms with Gasteiger partial charge in [0, 0.05) is 62.4 Å². The first-order valence-electron chi connectivity index (χ1n) is 11.8. The number of ether oxygens (including phenoxy) is 1. The maximum atomic E-state index is 12.0. The maximum absolute atomic E-state index is 12.0. The summed E-state index contributed by atoms with van der Waals surface area (Å²) < 4.78 is 7.43. The number of nitrogens with one attached hydrogen (secondary N) is 1. The van der Waals surface area contributed by atoms with Gasteiger partial charge in [-0.2, -0.15) is 5.10 Å². The maximum Gasteiger partial charge on any atom is 0.294 e. The van der Waals surface area contributed by atoms with E-state index in [-0.39, 0.29) is 10.6 Å². The van der Waals surface area contributed by atoms with Crippen LogP contribution in [0.1, 0.15) is 6.92 Å². The minimum atomic E-state index is -0.347. The van der Waals surface area contributed by atoms with Gasteiger partial charge in [-0.15, -0.1) is 0 Å². The highest BCUT2D eigenvalue weighted by Crippen LogP contribution is 2.40. The number of aromatic nitrogens is 4. The lowest BCUT2D eigenvalue weighted by molar-refractivity contribution is -0.384. The summed E-state index contributed by atoms with van der Waals surface area (Å²) >= 11 is 0. The topological polar surface area (TPSA) is 114 Å². The quantitative estimate of drug-likeness (QED) is 0.306.